The molecule has 0 spiro atoms. The summed E-state index contributed by atoms with van der Waals surface area (Å²) in [5, 5.41) is 0.355. The first-order valence-electron chi connectivity index (χ1n) is 10.5. The number of nitrogens with zero attached hydrogens (tertiary/aromatic N) is 1. The lowest BCUT2D eigenvalue weighted by molar-refractivity contribution is -0.123. The van der Waals surface area contributed by atoms with Gasteiger partial charge in [-0.15, -0.1) is 0 Å². The third-order valence-corrected chi connectivity index (χ3v) is 6.67. The largest absolute Gasteiger partial charge is 0.493 e. The van der Waals surface area contributed by atoms with E-state index >= 15 is 0 Å². The van der Waals surface area contributed by atoms with Gasteiger partial charge in [-0.2, -0.15) is 0 Å². The summed E-state index contributed by atoms with van der Waals surface area (Å²) >= 11 is 13.4. The number of carbonyl (C=O) groups is 3. The number of benzene rings is 2. The number of ether oxygens (including phenoxy) is 3. The molecule has 0 atom stereocenters. The lowest BCUT2D eigenvalue weighted by Crippen LogP contribution is -2.27. The van der Waals surface area contributed by atoms with Crippen LogP contribution in [0.1, 0.15) is 27.4 Å². The van der Waals surface area contributed by atoms with E-state index in [0.29, 0.717) is 22.1 Å². The molecule has 36 heavy (non-hydrogen) atoms. The van der Waals surface area contributed by atoms with E-state index in [0.717, 1.165) is 22.2 Å². The molecule has 1 aliphatic heterocycles. The topological polar surface area (TPSA) is 95.3 Å². The molecule has 0 bridgehead atoms. The van der Waals surface area contributed by atoms with Crippen LogP contribution in [0, 0.1) is 0 Å². The minimum Gasteiger partial charge on any atom is -0.493 e. The Bertz CT molecular complexity index is 1370. The molecule has 8 nitrogen and oxygen atoms in total. The third-order valence-electron chi connectivity index (χ3n) is 5.12. The minimum atomic E-state index is -0.652. The highest BCUT2D eigenvalue weighted by Crippen LogP contribution is 2.40. The molecule has 2 aromatic carbocycles. The summed E-state index contributed by atoms with van der Waals surface area (Å²) < 4.78 is 21.3. The first-order valence-corrected chi connectivity index (χ1v) is 12.0. The maximum Gasteiger partial charge on any atom is 0.373 e. The van der Waals surface area contributed by atoms with Gasteiger partial charge in [-0.05, 0) is 53.7 Å². The van der Waals surface area contributed by atoms with Crippen LogP contribution in [0.3, 0.4) is 0 Å². The number of amides is 2. The summed E-state index contributed by atoms with van der Waals surface area (Å²) in [4.78, 5) is 38.2. The molecule has 4 rings (SSSR count). The predicted molar refractivity (Wildman–Crippen MR) is 135 cm³/mol. The van der Waals surface area contributed by atoms with Gasteiger partial charge in [0.2, 0.25) is 5.76 Å². The van der Waals surface area contributed by atoms with Gasteiger partial charge in [0.15, 0.2) is 11.5 Å². The number of thioether (sulfide) groups is 1. The van der Waals surface area contributed by atoms with Crippen molar-refractivity contribution in [3.05, 3.63) is 86.1 Å². The summed E-state index contributed by atoms with van der Waals surface area (Å²) in [5.74, 6) is -0.234. The van der Waals surface area contributed by atoms with Crippen LogP contribution in [0.25, 0.3) is 6.08 Å². The molecule has 0 saturated carbocycles. The second-order valence-electron chi connectivity index (χ2n) is 7.44. The van der Waals surface area contributed by atoms with Crippen molar-refractivity contribution in [3.63, 3.8) is 0 Å². The normalized spacial score (nSPS) is 14.4. The van der Waals surface area contributed by atoms with Gasteiger partial charge in [0.05, 0.1) is 30.7 Å². The fourth-order valence-electron chi connectivity index (χ4n) is 3.35. The Morgan fingerprint density at radius 1 is 1.08 bits per heavy atom. The Labute approximate surface area is 220 Å². The third kappa shape index (κ3) is 5.53. The lowest BCUT2D eigenvalue weighted by Gasteiger charge is -2.14. The molecule has 0 unspecified atom stereocenters. The van der Waals surface area contributed by atoms with E-state index in [9.17, 15) is 14.4 Å². The molecule has 0 radical (unpaired) electrons. The highest BCUT2D eigenvalue weighted by atomic mass is 35.5. The quantitative estimate of drug-likeness (QED) is 0.243. The summed E-state index contributed by atoms with van der Waals surface area (Å²) in [6.45, 7) is 0.0519. The zero-order chi connectivity index (χ0) is 25.8. The smallest absolute Gasteiger partial charge is 0.373 e. The molecule has 2 amide bonds. The molecule has 1 fully saturated rings. The second-order valence-corrected chi connectivity index (χ2v) is 9.25. The number of methoxy groups -OCH3 is 2. The summed E-state index contributed by atoms with van der Waals surface area (Å²) in [7, 11) is 2.70. The molecular formula is C25H19Cl2NO7S. The maximum atomic E-state index is 12.9. The second kappa shape index (κ2) is 11.1. The first kappa shape index (κ1) is 25.7. The van der Waals surface area contributed by atoms with E-state index in [1.807, 2.05) is 18.2 Å². The van der Waals surface area contributed by atoms with E-state index < -0.39 is 17.1 Å². The Balaban J connectivity index is 1.51. The van der Waals surface area contributed by atoms with Crippen LogP contribution in [0.4, 0.5) is 4.79 Å². The Morgan fingerprint density at radius 2 is 1.86 bits per heavy atom. The van der Waals surface area contributed by atoms with Crippen molar-refractivity contribution in [1.29, 1.82) is 0 Å². The molecule has 1 saturated heterocycles. The molecule has 11 heteroatoms. The van der Waals surface area contributed by atoms with Gasteiger partial charge >= 0.3 is 5.97 Å². The van der Waals surface area contributed by atoms with Gasteiger partial charge in [0.25, 0.3) is 11.1 Å². The molecular weight excluding hydrogens is 529 g/mol. The number of rotatable bonds is 8. The van der Waals surface area contributed by atoms with Crippen molar-refractivity contribution in [3.8, 4) is 11.5 Å². The van der Waals surface area contributed by atoms with Crippen LogP contribution >= 0.6 is 35.0 Å². The average Bonchev–Trinajstić information content (AvgIpc) is 3.44. The molecule has 1 aliphatic rings. The molecule has 0 N–H and O–H groups in total. The van der Waals surface area contributed by atoms with Crippen molar-refractivity contribution >= 4 is 58.2 Å². The predicted octanol–water partition coefficient (Wildman–Crippen LogP) is 6.20. The lowest BCUT2D eigenvalue weighted by atomic mass is 10.1. The van der Waals surface area contributed by atoms with E-state index in [4.69, 9.17) is 37.1 Å². The number of hydrogen-bond acceptors (Lipinski definition) is 8. The summed E-state index contributed by atoms with van der Waals surface area (Å²) in [5.41, 5.74) is 1.32. The van der Waals surface area contributed by atoms with E-state index in [2.05, 4.69) is 4.74 Å². The van der Waals surface area contributed by atoms with Crippen LogP contribution in [0.15, 0.2) is 57.9 Å². The molecule has 186 valence electrons. The fraction of sp³-hybridized carbons (Fsp3) is 0.160. The first-order chi connectivity index (χ1) is 17.3. The van der Waals surface area contributed by atoms with Crippen LogP contribution in [-0.2, 0) is 22.7 Å². The standard InChI is InChI=1S/C25H19Cl2NO7S/c1-32-20-10-14(9-18(27)22(20)34-13-15-5-3-4-6-17(15)26)11-21-23(29)28(25(31)36-21)12-16-7-8-19(35-16)24(30)33-2/h3-11H,12-13H2,1-2H3/b21-11+. The van der Waals surface area contributed by atoms with Crippen molar-refractivity contribution in [2.75, 3.05) is 14.2 Å². The van der Waals surface area contributed by atoms with Gasteiger partial charge in [-0.25, -0.2) is 4.79 Å². The van der Waals surface area contributed by atoms with Gasteiger partial charge in [0.1, 0.15) is 12.4 Å². The Hall–Kier alpha value is -3.40. The SMILES string of the molecule is COC(=O)c1ccc(CN2C(=O)S/C(=C/c3cc(Cl)c(OCc4ccccc4Cl)c(OC)c3)C2=O)o1. The molecule has 2 heterocycles. The summed E-state index contributed by atoms with van der Waals surface area (Å²) in [6.07, 6.45) is 1.54. The van der Waals surface area contributed by atoms with E-state index in [1.165, 1.54) is 26.4 Å². The molecule has 3 aromatic rings. The number of carbonyl (C=O) groups excluding carboxylic acids is 3. The van der Waals surface area contributed by atoms with Crippen molar-refractivity contribution in [1.82, 2.24) is 4.90 Å². The van der Waals surface area contributed by atoms with Gasteiger partial charge in [-0.1, -0.05) is 41.4 Å². The van der Waals surface area contributed by atoms with Crippen molar-refractivity contribution in [2.45, 2.75) is 13.2 Å². The average molecular weight is 548 g/mol. The van der Waals surface area contributed by atoms with Crippen molar-refractivity contribution < 1.29 is 33.0 Å². The van der Waals surface area contributed by atoms with E-state index in [-0.39, 0.29) is 34.6 Å². The fourth-order valence-corrected chi connectivity index (χ4v) is 4.65. The zero-order valence-electron chi connectivity index (χ0n) is 19.1. The number of furan rings is 1. The van der Waals surface area contributed by atoms with Crippen molar-refractivity contribution in [2.24, 2.45) is 0 Å². The monoisotopic (exact) mass is 547 g/mol. The Morgan fingerprint density at radius 3 is 2.58 bits per heavy atom. The molecule has 1 aromatic heterocycles. The number of halogens is 2. The van der Waals surface area contributed by atoms with E-state index in [1.54, 1.807) is 24.3 Å². The maximum absolute atomic E-state index is 12.9. The highest BCUT2D eigenvalue weighted by molar-refractivity contribution is 8.18. The zero-order valence-corrected chi connectivity index (χ0v) is 21.4. The Kier molecular flexibility index (Phi) is 7.93. The number of imide groups is 1. The van der Waals surface area contributed by atoms with Crippen LogP contribution in [0.5, 0.6) is 11.5 Å². The molecule has 0 aliphatic carbocycles. The van der Waals surface area contributed by atoms with Crippen LogP contribution < -0.4 is 9.47 Å². The van der Waals surface area contributed by atoms with Gasteiger partial charge in [-0.3, -0.25) is 14.5 Å². The highest BCUT2D eigenvalue weighted by Gasteiger charge is 2.36. The van der Waals surface area contributed by atoms with Gasteiger partial charge in [0, 0.05) is 10.6 Å². The minimum absolute atomic E-state index is 0.0198. The number of hydrogen-bond donors (Lipinski definition) is 0. The van der Waals surface area contributed by atoms with Crippen LogP contribution in [0.2, 0.25) is 10.0 Å². The van der Waals surface area contributed by atoms with Crippen LogP contribution in [-0.4, -0.2) is 36.2 Å². The number of esters is 1. The van der Waals surface area contributed by atoms with Gasteiger partial charge < -0.3 is 18.6 Å². The summed E-state index contributed by atoms with van der Waals surface area (Å²) in [6, 6.07) is 13.5.